The second-order valence-electron chi connectivity index (χ2n) is 7.36. The monoisotopic (exact) mass is 424 g/mol. The molecule has 3 aromatic rings. The summed E-state index contributed by atoms with van der Waals surface area (Å²) in [5, 5.41) is 12.3. The van der Waals surface area contributed by atoms with E-state index in [1.807, 2.05) is 56.5 Å². The molecule has 0 bridgehead atoms. The zero-order valence-electron chi connectivity index (χ0n) is 18.2. The third-order valence-electron chi connectivity index (χ3n) is 4.74. The van der Waals surface area contributed by atoms with Gasteiger partial charge in [0.25, 0.3) is 0 Å². The maximum absolute atomic E-state index is 12.5. The van der Waals surface area contributed by atoms with Crippen molar-refractivity contribution < 1.29 is 9.53 Å². The summed E-state index contributed by atoms with van der Waals surface area (Å²) in [5.41, 5.74) is 5.35. The summed E-state index contributed by atoms with van der Waals surface area (Å²) < 4.78 is 7.84. The number of thioether (sulfide) groups is 1. The Hall–Kier alpha value is -2.80. The summed E-state index contributed by atoms with van der Waals surface area (Å²) in [7, 11) is 0. The Labute approximate surface area is 182 Å². The fourth-order valence-corrected chi connectivity index (χ4v) is 4.21. The lowest BCUT2D eigenvalue weighted by Crippen LogP contribution is -2.16. The van der Waals surface area contributed by atoms with Gasteiger partial charge in [-0.15, -0.1) is 10.2 Å². The number of amides is 1. The van der Waals surface area contributed by atoms with Crippen LogP contribution in [0, 0.1) is 27.7 Å². The van der Waals surface area contributed by atoms with Crippen molar-refractivity contribution in [2.45, 2.75) is 52.9 Å². The molecule has 1 heterocycles. The van der Waals surface area contributed by atoms with Gasteiger partial charge in [0.2, 0.25) is 5.91 Å². The Bertz CT molecular complexity index is 1020. The van der Waals surface area contributed by atoms with Crippen LogP contribution in [0.5, 0.6) is 5.75 Å². The van der Waals surface area contributed by atoms with Crippen LogP contribution in [0.3, 0.4) is 0 Å². The van der Waals surface area contributed by atoms with E-state index in [1.165, 1.54) is 17.3 Å². The number of nitrogens with zero attached hydrogens (tertiary/aromatic N) is 3. The summed E-state index contributed by atoms with van der Waals surface area (Å²) in [5.74, 6) is 1.76. The number of benzene rings is 2. The maximum atomic E-state index is 12.5. The molecule has 3 rings (SSSR count). The van der Waals surface area contributed by atoms with Crippen molar-refractivity contribution in [1.29, 1.82) is 0 Å². The van der Waals surface area contributed by atoms with Gasteiger partial charge >= 0.3 is 0 Å². The molecule has 0 fully saturated rings. The summed E-state index contributed by atoms with van der Waals surface area (Å²) in [4.78, 5) is 12.5. The van der Waals surface area contributed by atoms with Crippen molar-refractivity contribution in [2.75, 3.05) is 11.1 Å². The Balaban J connectivity index is 1.61. The van der Waals surface area contributed by atoms with E-state index in [0.717, 1.165) is 34.0 Å². The normalized spacial score (nSPS) is 10.8. The van der Waals surface area contributed by atoms with Gasteiger partial charge in [0.15, 0.2) is 11.0 Å². The summed E-state index contributed by atoms with van der Waals surface area (Å²) in [6.45, 7) is 11.2. The number of anilines is 1. The molecule has 30 heavy (non-hydrogen) atoms. The molecule has 1 amide bonds. The van der Waals surface area contributed by atoms with Gasteiger partial charge in [-0.05, 0) is 63.4 Å². The number of rotatable bonds is 8. The highest BCUT2D eigenvalue weighted by molar-refractivity contribution is 7.99. The number of ether oxygens (including phenoxy) is 1. The van der Waals surface area contributed by atoms with E-state index in [4.69, 9.17) is 4.74 Å². The number of aryl methyl sites for hydroxylation is 4. The topological polar surface area (TPSA) is 69.0 Å². The van der Waals surface area contributed by atoms with Crippen LogP contribution >= 0.6 is 11.8 Å². The van der Waals surface area contributed by atoms with Gasteiger partial charge in [-0.25, -0.2) is 0 Å². The summed E-state index contributed by atoms with van der Waals surface area (Å²) >= 11 is 1.38. The van der Waals surface area contributed by atoms with Gasteiger partial charge in [-0.2, -0.15) is 0 Å². The van der Waals surface area contributed by atoms with Crippen molar-refractivity contribution in [3.63, 3.8) is 0 Å². The minimum absolute atomic E-state index is 0.0572. The van der Waals surface area contributed by atoms with Crippen LogP contribution in [0.1, 0.15) is 35.0 Å². The lowest BCUT2D eigenvalue weighted by Gasteiger charge is -2.13. The standard InChI is InChI=1S/C23H28N4O2S/c1-6-27-20(13-29-19-9-7-8-15(2)12-19)25-26-23(27)30-14-21(28)24-22-17(4)10-16(3)11-18(22)5/h7-12H,6,13-14H2,1-5H3,(H,24,28). The van der Waals surface area contributed by atoms with Crippen molar-refractivity contribution in [3.8, 4) is 5.75 Å². The van der Waals surface area contributed by atoms with Crippen LogP contribution in [0.2, 0.25) is 0 Å². The van der Waals surface area contributed by atoms with E-state index < -0.39 is 0 Å². The molecule has 2 aromatic carbocycles. The van der Waals surface area contributed by atoms with Gasteiger partial charge in [0, 0.05) is 12.2 Å². The van der Waals surface area contributed by atoms with Gasteiger partial charge in [-0.3, -0.25) is 4.79 Å². The van der Waals surface area contributed by atoms with Gasteiger partial charge in [0.05, 0.1) is 5.75 Å². The SMILES string of the molecule is CCn1c(COc2cccc(C)c2)nnc1SCC(=O)Nc1c(C)cc(C)cc1C. The number of aromatic nitrogens is 3. The molecule has 0 aliphatic heterocycles. The molecule has 1 aromatic heterocycles. The predicted molar refractivity (Wildman–Crippen MR) is 121 cm³/mol. The third kappa shape index (κ3) is 5.42. The Morgan fingerprint density at radius 2 is 1.80 bits per heavy atom. The first-order valence-corrected chi connectivity index (χ1v) is 11.0. The smallest absolute Gasteiger partial charge is 0.234 e. The van der Waals surface area contributed by atoms with Gasteiger partial charge in [-0.1, -0.05) is 41.6 Å². The first-order chi connectivity index (χ1) is 14.4. The van der Waals surface area contributed by atoms with Gasteiger partial charge in [0.1, 0.15) is 12.4 Å². The molecule has 0 aliphatic rings. The molecule has 0 saturated carbocycles. The summed E-state index contributed by atoms with van der Waals surface area (Å²) in [6, 6.07) is 12.1. The average Bonchev–Trinajstić information content (AvgIpc) is 3.09. The molecule has 0 atom stereocenters. The van der Waals surface area contributed by atoms with Crippen LogP contribution in [0.25, 0.3) is 0 Å². The minimum Gasteiger partial charge on any atom is -0.486 e. The zero-order chi connectivity index (χ0) is 21.7. The van der Waals surface area contributed by atoms with Crippen molar-refractivity contribution in [3.05, 3.63) is 64.5 Å². The highest BCUT2D eigenvalue weighted by Gasteiger charge is 2.15. The van der Waals surface area contributed by atoms with E-state index >= 15 is 0 Å². The van der Waals surface area contributed by atoms with Crippen LogP contribution in [-0.2, 0) is 17.9 Å². The number of hydrogen-bond donors (Lipinski definition) is 1. The van der Waals surface area contributed by atoms with Crippen LogP contribution in [0.15, 0.2) is 41.6 Å². The van der Waals surface area contributed by atoms with Crippen molar-refractivity contribution >= 4 is 23.4 Å². The quantitative estimate of drug-likeness (QED) is 0.524. The first-order valence-electron chi connectivity index (χ1n) is 9.99. The molecule has 1 N–H and O–H groups in total. The highest BCUT2D eigenvalue weighted by Crippen LogP contribution is 2.23. The van der Waals surface area contributed by atoms with Crippen molar-refractivity contribution in [2.24, 2.45) is 0 Å². The fourth-order valence-electron chi connectivity index (χ4n) is 3.39. The zero-order valence-corrected chi connectivity index (χ0v) is 19.0. The van der Waals surface area contributed by atoms with Crippen LogP contribution in [-0.4, -0.2) is 26.4 Å². The first kappa shape index (κ1) is 21.9. The Kier molecular flexibility index (Phi) is 7.15. The number of carbonyl (C=O) groups excluding carboxylic acids is 1. The average molecular weight is 425 g/mol. The maximum Gasteiger partial charge on any atom is 0.234 e. The molecule has 0 aliphatic carbocycles. The van der Waals surface area contributed by atoms with E-state index in [-0.39, 0.29) is 11.7 Å². The molecule has 158 valence electrons. The lowest BCUT2D eigenvalue weighted by atomic mass is 10.1. The Morgan fingerprint density at radius 3 is 2.47 bits per heavy atom. The largest absolute Gasteiger partial charge is 0.486 e. The number of hydrogen-bond acceptors (Lipinski definition) is 5. The highest BCUT2D eigenvalue weighted by atomic mass is 32.2. The van der Waals surface area contributed by atoms with E-state index in [0.29, 0.717) is 18.3 Å². The van der Waals surface area contributed by atoms with Gasteiger partial charge < -0.3 is 14.6 Å². The van der Waals surface area contributed by atoms with Crippen molar-refractivity contribution in [1.82, 2.24) is 14.8 Å². The molecule has 7 heteroatoms. The van der Waals surface area contributed by atoms with Crippen LogP contribution < -0.4 is 10.1 Å². The molecule has 0 saturated heterocycles. The van der Waals surface area contributed by atoms with E-state index in [2.05, 4.69) is 34.6 Å². The molecular formula is C23H28N4O2S. The molecule has 0 radical (unpaired) electrons. The Morgan fingerprint density at radius 1 is 1.07 bits per heavy atom. The minimum atomic E-state index is -0.0572. The second-order valence-corrected chi connectivity index (χ2v) is 8.30. The summed E-state index contributed by atoms with van der Waals surface area (Å²) in [6.07, 6.45) is 0. The third-order valence-corrected chi connectivity index (χ3v) is 5.71. The molecule has 6 nitrogen and oxygen atoms in total. The second kappa shape index (κ2) is 9.80. The van der Waals surface area contributed by atoms with E-state index in [1.54, 1.807) is 0 Å². The fraction of sp³-hybridized carbons (Fsp3) is 0.348. The predicted octanol–water partition coefficient (Wildman–Crippen LogP) is 4.84. The number of carbonyl (C=O) groups is 1. The number of nitrogens with one attached hydrogen (secondary N) is 1. The van der Waals surface area contributed by atoms with E-state index in [9.17, 15) is 4.79 Å². The van der Waals surface area contributed by atoms with Crippen LogP contribution in [0.4, 0.5) is 5.69 Å². The molecular weight excluding hydrogens is 396 g/mol. The lowest BCUT2D eigenvalue weighted by molar-refractivity contribution is -0.113. The molecule has 0 spiro atoms. The molecule has 0 unspecified atom stereocenters.